The number of methoxy groups -OCH3 is 2. The van der Waals surface area contributed by atoms with Crippen LogP contribution in [0.2, 0.25) is 0 Å². The van der Waals surface area contributed by atoms with E-state index in [1.165, 1.54) is 32.1 Å². The largest absolute Gasteiger partial charge is 0.459 e. The minimum atomic E-state index is -0.528. The lowest BCUT2D eigenvalue weighted by molar-refractivity contribution is -0.239. The molecule has 8 heteroatoms. The molecule has 4 aliphatic carbocycles. The second-order valence-electron chi connectivity index (χ2n) is 13.8. The zero-order valence-corrected chi connectivity index (χ0v) is 25.1. The molecule has 11 atom stereocenters. The van der Waals surface area contributed by atoms with E-state index in [4.69, 9.17) is 23.5 Å². The van der Waals surface area contributed by atoms with Gasteiger partial charge in [0.15, 0.2) is 0 Å². The van der Waals surface area contributed by atoms with E-state index in [9.17, 15) is 4.79 Å². The molecular formula is C31H52N2O6. The molecule has 0 spiro atoms. The first-order valence-electron chi connectivity index (χ1n) is 15.5. The Hall–Kier alpha value is -1.22. The number of hydrogen-bond acceptors (Lipinski definition) is 7. The summed E-state index contributed by atoms with van der Waals surface area (Å²) >= 11 is 0. The SMILES string of the molecule is CC[C@H]1[C@@H](OCOC)C2C3CC[C@H]([C@H](C)CCc4nc(=O)o[nH]4)[C@@]3(C)CCC2[C@@]2(C)CC[C@@H](OCOC)C[C@@H]12. The van der Waals surface area contributed by atoms with Crippen LogP contribution in [0.25, 0.3) is 0 Å². The first-order valence-corrected chi connectivity index (χ1v) is 15.5. The predicted octanol–water partition coefficient (Wildman–Crippen LogP) is 5.81. The maximum atomic E-state index is 11.4. The van der Waals surface area contributed by atoms with Crippen molar-refractivity contribution < 1.29 is 23.5 Å². The number of rotatable bonds is 11. The number of nitrogens with zero attached hydrogens (tertiary/aromatic N) is 1. The summed E-state index contributed by atoms with van der Waals surface area (Å²) in [7, 11) is 3.46. The third-order valence-corrected chi connectivity index (χ3v) is 12.2. The summed E-state index contributed by atoms with van der Waals surface area (Å²) in [6.07, 6.45) is 12.1. The lowest BCUT2D eigenvalue weighted by Gasteiger charge is -2.65. The van der Waals surface area contributed by atoms with E-state index in [1.807, 2.05) is 0 Å². The van der Waals surface area contributed by atoms with Crippen molar-refractivity contribution in [2.75, 3.05) is 27.8 Å². The highest BCUT2D eigenvalue weighted by Gasteiger charge is 2.65. The molecule has 5 rings (SSSR count). The molecule has 1 heterocycles. The smallest absolute Gasteiger partial charge is 0.359 e. The van der Waals surface area contributed by atoms with Crippen LogP contribution in [-0.4, -0.2) is 50.2 Å². The summed E-state index contributed by atoms with van der Waals surface area (Å²) < 4.78 is 28.5. The maximum absolute atomic E-state index is 11.4. The summed E-state index contributed by atoms with van der Waals surface area (Å²) in [5.74, 6) is 4.44. The Labute approximate surface area is 234 Å². The molecule has 222 valence electrons. The summed E-state index contributed by atoms with van der Waals surface area (Å²) in [5.41, 5.74) is 0.641. The van der Waals surface area contributed by atoms with Crippen molar-refractivity contribution in [3.8, 4) is 0 Å². The Balaban J connectivity index is 1.39. The summed E-state index contributed by atoms with van der Waals surface area (Å²) in [4.78, 5) is 15.3. The Kier molecular flexibility index (Phi) is 8.97. The quantitative estimate of drug-likeness (QED) is 0.348. The highest BCUT2D eigenvalue weighted by atomic mass is 16.7. The third kappa shape index (κ3) is 5.28. The molecule has 39 heavy (non-hydrogen) atoms. The van der Waals surface area contributed by atoms with Crippen LogP contribution in [-0.2, 0) is 25.4 Å². The molecule has 4 saturated carbocycles. The molecule has 1 aromatic rings. The normalized spacial score (nSPS) is 42.5. The molecule has 8 nitrogen and oxygen atoms in total. The Bertz CT molecular complexity index is 996. The topological polar surface area (TPSA) is 95.8 Å². The van der Waals surface area contributed by atoms with Crippen molar-refractivity contribution in [1.29, 1.82) is 0 Å². The predicted molar refractivity (Wildman–Crippen MR) is 148 cm³/mol. The molecule has 1 N–H and O–H groups in total. The number of nitrogens with one attached hydrogen (secondary N) is 1. The number of aromatic nitrogens is 2. The highest BCUT2D eigenvalue weighted by molar-refractivity contribution is 5.14. The number of aryl methyl sites for hydroxylation is 1. The van der Waals surface area contributed by atoms with Crippen LogP contribution in [0.15, 0.2) is 9.32 Å². The minimum Gasteiger partial charge on any atom is -0.359 e. The average molecular weight is 549 g/mol. The van der Waals surface area contributed by atoms with Crippen LogP contribution in [0.5, 0.6) is 0 Å². The molecule has 0 saturated heterocycles. The van der Waals surface area contributed by atoms with E-state index in [1.54, 1.807) is 14.2 Å². The summed E-state index contributed by atoms with van der Waals surface area (Å²) in [6.45, 7) is 10.7. The van der Waals surface area contributed by atoms with Gasteiger partial charge in [-0.3, -0.25) is 0 Å². The molecule has 0 aromatic carbocycles. The minimum absolute atomic E-state index is 0.234. The van der Waals surface area contributed by atoms with Crippen molar-refractivity contribution >= 4 is 0 Å². The van der Waals surface area contributed by atoms with Gasteiger partial charge in [-0.1, -0.05) is 34.1 Å². The van der Waals surface area contributed by atoms with Gasteiger partial charge in [0, 0.05) is 20.6 Å². The molecule has 1 aromatic heterocycles. The van der Waals surface area contributed by atoms with Gasteiger partial charge in [-0.15, -0.1) is 0 Å². The van der Waals surface area contributed by atoms with E-state index in [0.717, 1.165) is 32.1 Å². The van der Waals surface area contributed by atoms with Crippen molar-refractivity contribution in [1.82, 2.24) is 10.1 Å². The molecule has 4 aliphatic rings. The second-order valence-corrected chi connectivity index (χ2v) is 13.8. The fourth-order valence-corrected chi connectivity index (χ4v) is 10.5. The fourth-order valence-electron chi connectivity index (χ4n) is 10.5. The Morgan fingerprint density at radius 3 is 2.41 bits per heavy atom. The number of hydrogen-bond donors (Lipinski definition) is 1. The summed E-state index contributed by atoms with van der Waals surface area (Å²) in [6, 6.07) is 0. The van der Waals surface area contributed by atoms with Crippen molar-refractivity contribution in [3.05, 3.63) is 16.4 Å². The van der Waals surface area contributed by atoms with Gasteiger partial charge in [0.25, 0.3) is 0 Å². The van der Waals surface area contributed by atoms with Gasteiger partial charge in [0.1, 0.15) is 19.4 Å². The fraction of sp³-hybridized carbons (Fsp3) is 0.935. The van der Waals surface area contributed by atoms with Gasteiger partial charge < -0.3 is 23.5 Å². The van der Waals surface area contributed by atoms with Crippen LogP contribution >= 0.6 is 0 Å². The molecular weight excluding hydrogens is 496 g/mol. The van der Waals surface area contributed by atoms with E-state index in [0.29, 0.717) is 71.7 Å². The number of H-pyrrole nitrogens is 1. The van der Waals surface area contributed by atoms with Gasteiger partial charge in [-0.25, -0.2) is 9.95 Å². The van der Waals surface area contributed by atoms with Gasteiger partial charge in [-0.2, -0.15) is 4.98 Å². The van der Waals surface area contributed by atoms with Crippen molar-refractivity contribution in [2.45, 2.75) is 104 Å². The zero-order valence-electron chi connectivity index (χ0n) is 25.1. The lowest BCUT2D eigenvalue weighted by atomic mass is 9.41. The molecule has 0 aliphatic heterocycles. The second kappa shape index (κ2) is 11.9. The van der Waals surface area contributed by atoms with Crippen LogP contribution in [0.1, 0.15) is 91.3 Å². The number of aromatic amines is 1. The van der Waals surface area contributed by atoms with Gasteiger partial charge in [0.2, 0.25) is 0 Å². The Morgan fingerprint density at radius 2 is 1.72 bits per heavy atom. The standard InChI is InChI=1S/C31H52N2O6/c1-7-21-25-16-20(37-17-35-5)12-14-31(25,4)24-13-15-30(3)22(19(2)8-11-26-32-29(34)39-33-26)9-10-23(30)27(24)28(21)38-18-36-6/h19-25,27-28H,7-18H2,1-6H3,(H,32,33,34)/t19-,20-,21-,22-,23?,24?,25+,27?,28-,30-,31-/m1/s1. The van der Waals surface area contributed by atoms with Crippen LogP contribution in [0.3, 0.4) is 0 Å². The van der Waals surface area contributed by atoms with E-state index in [2.05, 4.69) is 37.8 Å². The monoisotopic (exact) mass is 548 g/mol. The van der Waals surface area contributed by atoms with Gasteiger partial charge in [-0.05, 0) is 104 Å². The van der Waals surface area contributed by atoms with E-state index < -0.39 is 5.76 Å². The van der Waals surface area contributed by atoms with Crippen LogP contribution in [0, 0.1) is 52.3 Å². The van der Waals surface area contributed by atoms with Crippen molar-refractivity contribution in [2.24, 2.45) is 52.3 Å². The molecule has 3 unspecified atom stereocenters. The Morgan fingerprint density at radius 1 is 1.00 bits per heavy atom. The average Bonchev–Trinajstić information content (AvgIpc) is 3.51. The molecule has 0 amide bonds. The number of fused-ring (bicyclic) bond motifs is 5. The van der Waals surface area contributed by atoms with Gasteiger partial charge >= 0.3 is 5.76 Å². The van der Waals surface area contributed by atoms with Crippen molar-refractivity contribution in [3.63, 3.8) is 0 Å². The molecule has 0 radical (unpaired) electrons. The van der Waals surface area contributed by atoms with Gasteiger partial charge in [0.05, 0.1) is 12.2 Å². The first-order chi connectivity index (χ1) is 18.8. The first kappa shape index (κ1) is 29.3. The van der Waals surface area contributed by atoms with E-state index >= 15 is 0 Å². The zero-order chi connectivity index (χ0) is 27.8. The third-order valence-electron chi connectivity index (χ3n) is 12.2. The van der Waals surface area contributed by atoms with Crippen LogP contribution in [0.4, 0.5) is 0 Å². The summed E-state index contributed by atoms with van der Waals surface area (Å²) in [5, 5.41) is 2.69. The maximum Gasteiger partial charge on any atom is 0.459 e. The van der Waals surface area contributed by atoms with Crippen LogP contribution < -0.4 is 5.76 Å². The molecule has 4 fully saturated rings. The molecule has 0 bridgehead atoms. The lowest BCUT2D eigenvalue weighted by Crippen LogP contribution is -2.63. The highest BCUT2D eigenvalue weighted by Crippen LogP contribution is 2.70. The number of ether oxygens (including phenoxy) is 4. The van der Waals surface area contributed by atoms with E-state index in [-0.39, 0.29) is 12.2 Å².